The number of hydrogen-bond acceptors (Lipinski definition) is 2. The smallest absolute Gasteiger partial charge is 0.0233 e. The average molecular weight is 234 g/mol. The Morgan fingerprint density at radius 1 is 1.18 bits per heavy atom. The third kappa shape index (κ3) is 4.49. The highest BCUT2D eigenvalue weighted by Crippen LogP contribution is 2.13. The summed E-state index contributed by atoms with van der Waals surface area (Å²) in [5.74, 6) is 0.695. The second-order valence-electron chi connectivity index (χ2n) is 5.25. The second-order valence-corrected chi connectivity index (χ2v) is 5.25. The van der Waals surface area contributed by atoms with E-state index >= 15 is 0 Å². The Kier molecular flexibility index (Phi) is 5.66. The predicted octanol–water partition coefficient (Wildman–Crippen LogP) is 2.88. The second kappa shape index (κ2) is 6.77. The maximum Gasteiger partial charge on any atom is 0.0233 e. The molecule has 0 radical (unpaired) electrons. The van der Waals surface area contributed by atoms with Gasteiger partial charge in [-0.15, -0.1) is 0 Å². The van der Waals surface area contributed by atoms with Gasteiger partial charge in [-0.1, -0.05) is 38.1 Å². The van der Waals surface area contributed by atoms with E-state index in [4.69, 9.17) is 0 Å². The molecule has 1 aromatic carbocycles. The van der Waals surface area contributed by atoms with Crippen LogP contribution in [0.1, 0.15) is 31.9 Å². The SMILES string of the molecule is CNCc1cccc(CN(C)C(C)C(C)C)c1. The molecule has 0 aliphatic carbocycles. The lowest BCUT2D eigenvalue weighted by Gasteiger charge is -2.28. The largest absolute Gasteiger partial charge is 0.316 e. The number of nitrogens with zero attached hydrogens (tertiary/aromatic N) is 1. The Labute approximate surface area is 106 Å². The van der Waals surface area contributed by atoms with Crippen LogP contribution in [0.15, 0.2) is 24.3 Å². The van der Waals surface area contributed by atoms with Crippen molar-refractivity contribution in [1.82, 2.24) is 10.2 Å². The molecule has 0 aromatic heterocycles. The zero-order valence-corrected chi connectivity index (χ0v) is 11.8. The molecule has 0 spiro atoms. The molecule has 0 saturated heterocycles. The minimum Gasteiger partial charge on any atom is -0.316 e. The van der Waals surface area contributed by atoms with Gasteiger partial charge in [0, 0.05) is 19.1 Å². The molecule has 1 N–H and O–H groups in total. The standard InChI is InChI=1S/C15H26N2/c1-12(2)13(3)17(5)11-15-8-6-7-14(9-15)10-16-4/h6-9,12-13,16H,10-11H2,1-5H3. The maximum absolute atomic E-state index is 3.19. The van der Waals surface area contributed by atoms with E-state index in [1.807, 2.05) is 7.05 Å². The van der Waals surface area contributed by atoms with Crippen molar-refractivity contribution in [3.8, 4) is 0 Å². The van der Waals surface area contributed by atoms with Gasteiger partial charge < -0.3 is 5.32 Å². The van der Waals surface area contributed by atoms with Crippen molar-refractivity contribution < 1.29 is 0 Å². The van der Waals surface area contributed by atoms with Crippen LogP contribution in [0.25, 0.3) is 0 Å². The van der Waals surface area contributed by atoms with Crippen LogP contribution in [-0.2, 0) is 13.1 Å². The summed E-state index contributed by atoms with van der Waals surface area (Å²) >= 11 is 0. The van der Waals surface area contributed by atoms with Crippen molar-refractivity contribution in [1.29, 1.82) is 0 Å². The molecule has 17 heavy (non-hydrogen) atoms. The van der Waals surface area contributed by atoms with Gasteiger partial charge in [-0.3, -0.25) is 4.90 Å². The van der Waals surface area contributed by atoms with E-state index in [1.54, 1.807) is 0 Å². The molecule has 2 heteroatoms. The summed E-state index contributed by atoms with van der Waals surface area (Å²) in [5.41, 5.74) is 2.75. The van der Waals surface area contributed by atoms with E-state index in [2.05, 4.69) is 62.3 Å². The highest BCUT2D eigenvalue weighted by atomic mass is 15.1. The van der Waals surface area contributed by atoms with Crippen molar-refractivity contribution in [2.75, 3.05) is 14.1 Å². The quantitative estimate of drug-likeness (QED) is 0.814. The van der Waals surface area contributed by atoms with Gasteiger partial charge in [0.15, 0.2) is 0 Å². The first kappa shape index (κ1) is 14.2. The van der Waals surface area contributed by atoms with E-state index in [0.717, 1.165) is 13.1 Å². The molecular formula is C15H26N2. The summed E-state index contributed by atoms with van der Waals surface area (Å²) in [7, 11) is 4.19. The Morgan fingerprint density at radius 2 is 1.82 bits per heavy atom. The molecule has 2 nitrogen and oxygen atoms in total. The summed E-state index contributed by atoms with van der Waals surface area (Å²) in [5, 5.41) is 3.19. The third-order valence-electron chi connectivity index (χ3n) is 3.46. The fraction of sp³-hybridized carbons (Fsp3) is 0.600. The van der Waals surface area contributed by atoms with Gasteiger partial charge in [0.2, 0.25) is 0 Å². The van der Waals surface area contributed by atoms with Crippen molar-refractivity contribution in [3.05, 3.63) is 35.4 Å². The summed E-state index contributed by atoms with van der Waals surface area (Å²) in [4.78, 5) is 2.42. The molecule has 0 aliphatic rings. The molecule has 0 bridgehead atoms. The lowest BCUT2D eigenvalue weighted by molar-refractivity contribution is 0.200. The van der Waals surface area contributed by atoms with E-state index in [0.29, 0.717) is 12.0 Å². The molecular weight excluding hydrogens is 208 g/mol. The summed E-state index contributed by atoms with van der Waals surface area (Å²) in [6.45, 7) is 8.81. The van der Waals surface area contributed by atoms with Crippen LogP contribution in [0.5, 0.6) is 0 Å². The number of rotatable bonds is 6. The Morgan fingerprint density at radius 3 is 2.41 bits per heavy atom. The van der Waals surface area contributed by atoms with Gasteiger partial charge in [0.1, 0.15) is 0 Å². The minimum atomic E-state index is 0.614. The van der Waals surface area contributed by atoms with Gasteiger partial charge in [0.25, 0.3) is 0 Å². The van der Waals surface area contributed by atoms with Crippen molar-refractivity contribution in [2.45, 2.75) is 39.9 Å². The normalized spacial score (nSPS) is 13.4. The molecule has 1 aromatic rings. The summed E-state index contributed by atoms with van der Waals surface area (Å²) in [6, 6.07) is 9.44. The molecule has 1 rings (SSSR count). The Balaban J connectivity index is 2.64. The van der Waals surface area contributed by atoms with E-state index in [9.17, 15) is 0 Å². The third-order valence-corrected chi connectivity index (χ3v) is 3.46. The predicted molar refractivity (Wildman–Crippen MR) is 75.0 cm³/mol. The minimum absolute atomic E-state index is 0.614. The van der Waals surface area contributed by atoms with Crippen LogP contribution in [0.4, 0.5) is 0 Å². The van der Waals surface area contributed by atoms with Gasteiger partial charge in [-0.25, -0.2) is 0 Å². The first-order valence-corrected chi connectivity index (χ1v) is 6.47. The summed E-state index contributed by atoms with van der Waals surface area (Å²) in [6.07, 6.45) is 0. The molecule has 0 saturated carbocycles. The van der Waals surface area contributed by atoms with Crippen LogP contribution in [0.2, 0.25) is 0 Å². The zero-order valence-electron chi connectivity index (χ0n) is 11.8. The van der Waals surface area contributed by atoms with Crippen molar-refractivity contribution in [2.24, 2.45) is 5.92 Å². The van der Waals surface area contributed by atoms with E-state index < -0.39 is 0 Å². The Bertz CT molecular complexity index is 333. The van der Waals surface area contributed by atoms with Crippen LogP contribution in [-0.4, -0.2) is 25.0 Å². The monoisotopic (exact) mass is 234 g/mol. The lowest BCUT2D eigenvalue weighted by atomic mass is 10.0. The van der Waals surface area contributed by atoms with Crippen molar-refractivity contribution in [3.63, 3.8) is 0 Å². The van der Waals surface area contributed by atoms with Crippen LogP contribution in [0.3, 0.4) is 0 Å². The molecule has 1 unspecified atom stereocenters. The van der Waals surface area contributed by atoms with Crippen LogP contribution < -0.4 is 5.32 Å². The molecule has 1 atom stereocenters. The van der Waals surface area contributed by atoms with Gasteiger partial charge >= 0.3 is 0 Å². The highest BCUT2D eigenvalue weighted by molar-refractivity contribution is 5.23. The molecule has 0 heterocycles. The average Bonchev–Trinajstić information content (AvgIpc) is 2.28. The first-order chi connectivity index (χ1) is 8.04. The van der Waals surface area contributed by atoms with Gasteiger partial charge in [-0.05, 0) is 38.1 Å². The first-order valence-electron chi connectivity index (χ1n) is 6.47. The number of hydrogen-bond donors (Lipinski definition) is 1. The molecule has 0 aliphatic heterocycles. The maximum atomic E-state index is 3.19. The van der Waals surface area contributed by atoms with Crippen LogP contribution >= 0.6 is 0 Å². The number of nitrogens with one attached hydrogen (secondary N) is 1. The molecule has 96 valence electrons. The van der Waals surface area contributed by atoms with Gasteiger partial charge in [-0.2, -0.15) is 0 Å². The summed E-state index contributed by atoms with van der Waals surface area (Å²) < 4.78 is 0. The highest BCUT2D eigenvalue weighted by Gasteiger charge is 2.13. The Hall–Kier alpha value is -0.860. The molecule has 0 fully saturated rings. The van der Waals surface area contributed by atoms with Crippen molar-refractivity contribution >= 4 is 0 Å². The van der Waals surface area contributed by atoms with E-state index in [1.165, 1.54) is 11.1 Å². The fourth-order valence-corrected chi connectivity index (χ4v) is 1.98. The lowest BCUT2D eigenvalue weighted by Crippen LogP contribution is -2.32. The van der Waals surface area contributed by atoms with Gasteiger partial charge in [0.05, 0.1) is 0 Å². The number of benzene rings is 1. The van der Waals surface area contributed by atoms with E-state index in [-0.39, 0.29) is 0 Å². The molecule has 0 amide bonds. The fourth-order valence-electron chi connectivity index (χ4n) is 1.98. The zero-order chi connectivity index (χ0) is 12.8. The topological polar surface area (TPSA) is 15.3 Å². The van der Waals surface area contributed by atoms with Crippen LogP contribution in [0, 0.1) is 5.92 Å².